The van der Waals surface area contributed by atoms with E-state index in [0.717, 1.165) is 0 Å². The first kappa shape index (κ1) is 14.1. The molecule has 5 heteroatoms. The molecular formula is C14H19ClN2O2. The van der Waals surface area contributed by atoms with E-state index in [-0.39, 0.29) is 16.7 Å². The standard InChI is InChI=1S/C14H19ClN2O2/c1-10(11-5-3-2-4-6-11)16-13-8-7-12(15)9-14(13)17(18)19/h7-11,16H,2-6H2,1H3. The Balaban J connectivity index is 2.11. The van der Waals surface area contributed by atoms with Crippen LogP contribution in [0, 0.1) is 16.0 Å². The predicted octanol–water partition coefficient (Wildman–Crippen LogP) is 4.63. The van der Waals surface area contributed by atoms with Crippen molar-refractivity contribution in [2.45, 2.75) is 45.1 Å². The van der Waals surface area contributed by atoms with E-state index in [1.165, 1.54) is 38.2 Å². The molecule has 1 aromatic carbocycles. The lowest BCUT2D eigenvalue weighted by Crippen LogP contribution is -2.27. The van der Waals surface area contributed by atoms with Crippen molar-refractivity contribution in [1.82, 2.24) is 0 Å². The van der Waals surface area contributed by atoms with Gasteiger partial charge in [0, 0.05) is 17.1 Å². The van der Waals surface area contributed by atoms with Gasteiger partial charge in [-0.05, 0) is 37.8 Å². The van der Waals surface area contributed by atoms with E-state index >= 15 is 0 Å². The first-order chi connectivity index (χ1) is 9.08. The first-order valence-corrected chi connectivity index (χ1v) is 7.16. The van der Waals surface area contributed by atoms with Crippen LogP contribution in [-0.2, 0) is 0 Å². The Kier molecular flexibility index (Phi) is 4.64. The monoisotopic (exact) mass is 282 g/mol. The summed E-state index contributed by atoms with van der Waals surface area (Å²) < 4.78 is 0. The number of hydrogen-bond donors (Lipinski definition) is 1. The van der Waals surface area contributed by atoms with E-state index in [0.29, 0.717) is 16.6 Å². The molecular weight excluding hydrogens is 264 g/mol. The fourth-order valence-electron chi connectivity index (χ4n) is 2.78. The van der Waals surface area contributed by atoms with Crippen LogP contribution >= 0.6 is 11.6 Å². The Morgan fingerprint density at radius 3 is 2.68 bits per heavy atom. The van der Waals surface area contributed by atoms with Crippen LogP contribution in [0.3, 0.4) is 0 Å². The minimum absolute atomic E-state index is 0.0511. The topological polar surface area (TPSA) is 55.2 Å². The largest absolute Gasteiger partial charge is 0.377 e. The first-order valence-electron chi connectivity index (χ1n) is 6.78. The predicted molar refractivity (Wildman–Crippen MR) is 77.8 cm³/mol. The number of nitro groups is 1. The van der Waals surface area contributed by atoms with Crippen molar-refractivity contribution in [2.24, 2.45) is 5.92 Å². The summed E-state index contributed by atoms with van der Waals surface area (Å²) in [5, 5.41) is 14.7. The Morgan fingerprint density at radius 1 is 1.37 bits per heavy atom. The Morgan fingerprint density at radius 2 is 2.05 bits per heavy atom. The molecule has 1 fully saturated rings. The number of hydrogen-bond acceptors (Lipinski definition) is 3. The molecule has 0 spiro atoms. The van der Waals surface area contributed by atoms with Gasteiger partial charge in [0.2, 0.25) is 0 Å². The van der Waals surface area contributed by atoms with Crippen LogP contribution < -0.4 is 5.32 Å². The maximum Gasteiger partial charge on any atom is 0.293 e. The molecule has 1 aliphatic carbocycles. The molecule has 1 N–H and O–H groups in total. The Labute approximate surface area is 118 Å². The molecule has 19 heavy (non-hydrogen) atoms. The van der Waals surface area contributed by atoms with Gasteiger partial charge < -0.3 is 5.32 Å². The molecule has 0 saturated heterocycles. The van der Waals surface area contributed by atoms with E-state index in [1.54, 1.807) is 12.1 Å². The molecule has 0 bridgehead atoms. The average molecular weight is 283 g/mol. The van der Waals surface area contributed by atoms with Gasteiger partial charge in [0.15, 0.2) is 0 Å². The minimum atomic E-state index is -0.387. The Bertz CT molecular complexity index is 459. The zero-order valence-corrected chi connectivity index (χ0v) is 11.8. The molecule has 0 amide bonds. The van der Waals surface area contributed by atoms with Crippen molar-refractivity contribution in [3.63, 3.8) is 0 Å². The van der Waals surface area contributed by atoms with E-state index in [1.807, 2.05) is 0 Å². The highest BCUT2D eigenvalue weighted by Crippen LogP contribution is 2.32. The zero-order valence-electron chi connectivity index (χ0n) is 11.1. The van der Waals surface area contributed by atoms with Crippen molar-refractivity contribution < 1.29 is 4.92 Å². The van der Waals surface area contributed by atoms with Crippen molar-refractivity contribution in [2.75, 3.05) is 5.32 Å². The second kappa shape index (κ2) is 6.24. The molecule has 1 aromatic rings. The van der Waals surface area contributed by atoms with Gasteiger partial charge in [-0.15, -0.1) is 0 Å². The lowest BCUT2D eigenvalue weighted by Gasteiger charge is -2.28. The molecule has 1 aliphatic rings. The summed E-state index contributed by atoms with van der Waals surface area (Å²) in [5.41, 5.74) is 0.614. The van der Waals surface area contributed by atoms with Gasteiger partial charge in [0.25, 0.3) is 5.69 Å². The van der Waals surface area contributed by atoms with Crippen LogP contribution in [0.2, 0.25) is 5.02 Å². The van der Waals surface area contributed by atoms with Gasteiger partial charge in [-0.2, -0.15) is 0 Å². The summed E-state index contributed by atoms with van der Waals surface area (Å²) in [6.07, 6.45) is 6.24. The van der Waals surface area contributed by atoms with Crippen molar-refractivity contribution in [1.29, 1.82) is 0 Å². The van der Waals surface area contributed by atoms with Crippen LogP contribution in [0.5, 0.6) is 0 Å². The van der Waals surface area contributed by atoms with Gasteiger partial charge in [0.1, 0.15) is 5.69 Å². The average Bonchev–Trinajstić information content (AvgIpc) is 2.41. The lowest BCUT2D eigenvalue weighted by molar-refractivity contribution is -0.384. The van der Waals surface area contributed by atoms with Gasteiger partial charge in [-0.1, -0.05) is 30.9 Å². The van der Waals surface area contributed by atoms with E-state index in [4.69, 9.17) is 11.6 Å². The van der Waals surface area contributed by atoms with Crippen LogP contribution in [0.25, 0.3) is 0 Å². The molecule has 1 atom stereocenters. The molecule has 104 valence electrons. The number of rotatable bonds is 4. The number of anilines is 1. The summed E-state index contributed by atoms with van der Waals surface area (Å²) in [6.45, 7) is 2.11. The molecule has 0 heterocycles. The summed E-state index contributed by atoms with van der Waals surface area (Å²) in [6, 6.07) is 5.03. The van der Waals surface area contributed by atoms with Crippen molar-refractivity contribution in [3.05, 3.63) is 33.3 Å². The number of benzene rings is 1. The molecule has 0 radical (unpaired) electrons. The molecule has 4 nitrogen and oxygen atoms in total. The number of halogens is 1. The van der Waals surface area contributed by atoms with Gasteiger partial charge in [-0.3, -0.25) is 10.1 Å². The van der Waals surface area contributed by atoms with Gasteiger partial charge in [0.05, 0.1) is 4.92 Å². The molecule has 2 rings (SSSR count). The summed E-state index contributed by atoms with van der Waals surface area (Å²) in [7, 11) is 0. The summed E-state index contributed by atoms with van der Waals surface area (Å²) >= 11 is 5.81. The molecule has 0 aromatic heterocycles. The Hall–Kier alpha value is -1.29. The third kappa shape index (κ3) is 3.60. The van der Waals surface area contributed by atoms with Gasteiger partial charge in [-0.25, -0.2) is 0 Å². The van der Waals surface area contributed by atoms with Crippen molar-refractivity contribution >= 4 is 23.0 Å². The number of nitrogens with one attached hydrogen (secondary N) is 1. The third-order valence-corrected chi connectivity index (χ3v) is 4.13. The van der Waals surface area contributed by atoms with Crippen LogP contribution in [0.15, 0.2) is 18.2 Å². The van der Waals surface area contributed by atoms with Gasteiger partial charge >= 0.3 is 0 Å². The smallest absolute Gasteiger partial charge is 0.293 e. The van der Waals surface area contributed by atoms with Crippen LogP contribution in [0.4, 0.5) is 11.4 Å². The maximum atomic E-state index is 11.0. The highest BCUT2D eigenvalue weighted by molar-refractivity contribution is 6.30. The fraction of sp³-hybridized carbons (Fsp3) is 0.571. The van der Waals surface area contributed by atoms with Crippen LogP contribution in [-0.4, -0.2) is 11.0 Å². The third-order valence-electron chi connectivity index (χ3n) is 3.90. The highest BCUT2D eigenvalue weighted by Gasteiger charge is 2.22. The number of nitrogens with zero attached hydrogens (tertiary/aromatic N) is 1. The van der Waals surface area contributed by atoms with Crippen LogP contribution in [0.1, 0.15) is 39.0 Å². The minimum Gasteiger partial charge on any atom is -0.377 e. The lowest BCUT2D eigenvalue weighted by atomic mass is 9.84. The van der Waals surface area contributed by atoms with E-state index in [9.17, 15) is 10.1 Å². The second-order valence-electron chi connectivity index (χ2n) is 5.25. The quantitative estimate of drug-likeness (QED) is 0.647. The number of nitro benzene ring substituents is 1. The molecule has 1 unspecified atom stereocenters. The summed E-state index contributed by atoms with van der Waals surface area (Å²) in [4.78, 5) is 10.7. The zero-order chi connectivity index (χ0) is 13.8. The highest BCUT2D eigenvalue weighted by atomic mass is 35.5. The maximum absolute atomic E-state index is 11.0. The molecule has 1 saturated carbocycles. The molecule has 0 aliphatic heterocycles. The van der Waals surface area contributed by atoms with E-state index < -0.39 is 0 Å². The second-order valence-corrected chi connectivity index (χ2v) is 5.69. The van der Waals surface area contributed by atoms with Crippen molar-refractivity contribution in [3.8, 4) is 0 Å². The summed E-state index contributed by atoms with van der Waals surface area (Å²) in [5.74, 6) is 0.601. The normalized spacial score (nSPS) is 18.0. The fourth-order valence-corrected chi connectivity index (χ4v) is 2.94. The SMILES string of the molecule is CC(Nc1ccc(Cl)cc1[N+](=O)[O-])C1CCCCC1. The van der Waals surface area contributed by atoms with E-state index in [2.05, 4.69) is 12.2 Å².